The molecule has 2 heterocycles. The number of hydrogen-bond acceptors (Lipinski definition) is 7. The number of hydrogen-bond donors (Lipinski definition) is 3. The number of benzene rings is 2. The Labute approximate surface area is 292 Å². The molecule has 4 atom stereocenters. The number of Topliss-reactive ketones (excluding diaryl/α,β-unsaturated/α-hetero) is 1. The number of likely N-dealkylation sites (tertiary alicyclic amines) is 1. The average Bonchev–Trinajstić information content (AvgIpc) is 3.64. The Hall–Kier alpha value is -4.25. The second kappa shape index (κ2) is 14.7. The summed E-state index contributed by atoms with van der Waals surface area (Å²) in [4.78, 5) is 75.4. The van der Waals surface area contributed by atoms with Crippen LogP contribution in [0.1, 0.15) is 82.9 Å². The van der Waals surface area contributed by atoms with Crippen LogP contribution in [0.4, 0.5) is 0 Å². The third-order valence-corrected chi connectivity index (χ3v) is 9.60. The summed E-state index contributed by atoms with van der Waals surface area (Å²) < 4.78 is 0. The van der Waals surface area contributed by atoms with Crippen LogP contribution in [-0.2, 0) is 35.2 Å². The molecular formula is C37H46ClN5O6. The molecule has 1 saturated carbocycles. The van der Waals surface area contributed by atoms with Crippen LogP contribution >= 0.6 is 11.6 Å². The van der Waals surface area contributed by atoms with Crippen LogP contribution < -0.4 is 16.0 Å². The number of rotatable bonds is 12. The Morgan fingerprint density at radius 2 is 1.80 bits per heavy atom. The summed E-state index contributed by atoms with van der Waals surface area (Å²) in [7, 11) is 0. The molecular weight excluding hydrogens is 646 g/mol. The number of carbonyl (C=O) groups is 5. The van der Waals surface area contributed by atoms with Gasteiger partial charge < -0.3 is 25.7 Å². The third kappa shape index (κ3) is 8.68. The number of nitrogens with zero attached hydrogens (tertiary/aromatic N) is 2. The smallest absolute Gasteiger partial charge is 0.289 e. The summed E-state index contributed by atoms with van der Waals surface area (Å²) in [5.41, 5.74) is 1.45. The van der Waals surface area contributed by atoms with Gasteiger partial charge in [0.25, 0.3) is 5.91 Å². The normalized spacial score (nSPS) is 21.4. The summed E-state index contributed by atoms with van der Waals surface area (Å²) >= 11 is 6.24. The van der Waals surface area contributed by atoms with Gasteiger partial charge in [0.15, 0.2) is 5.60 Å². The highest BCUT2D eigenvalue weighted by molar-refractivity contribution is 6.38. The number of carbonyl (C=O) groups excluding carboxylic acids is 5. The maximum atomic E-state index is 14.6. The fraction of sp³-hybridized carbons (Fsp3) is 0.514. The van der Waals surface area contributed by atoms with E-state index in [2.05, 4.69) is 21.1 Å². The zero-order valence-electron chi connectivity index (χ0n) is 28.8. The lowest BCUT2D eigenvalue weighted by Crippen LogP contribution is -2.59. The zero-order valence-corrected chi connectivity index (χ0v) is 29.6. The van der Waals surface area contributed by atoms with Crippen LogP contribution in [0.25, 0.3) is 0 Å². The van der Waals surface area contributed by atoms with Gasteiger partial charge in [-0.2, -0.15) is 0 Å². The average molecular weight is 692 g/mol. The summed E-state index contributed by atoms with van der Waals surface area (Å²) in [6, 6.07) is 11.7. The Morgan fingerprint density at radius 3 is 2.45 bits per heavy atom. The van der Waals surface area contributed by atoms with E-state index in [-0.39, 0.29) is 37.8 Å². The minimum atomic E-state index is -1.06. The molecule has 0 radical (unpaired) electrons. The van der Waals surface area contributed by atoms with Gasteiger partial charge in [-0.1, -0.05) is 87.3 Å². The van der Waals surface area contributed by atoms with Crippen molar-refractivity contribution >= 4 is 46.7 Å². The van der Waals surface area contributed by atoms with Crippen molar-refractivity contribution in [1.82, 2.24) is 20.9 Å². The van der Waals surface area contributed by atoms with Crippen LogP contribution in [0.15, 0.2) is 53.7 Å². The lowest BCUT2D eigenvalue weighted by molar-refractivity contribution is -0.145. The van der Waals surface area contributed by atoms with Crippen LogP contribution in [0.5, 0.6) is 0 Å². The van der Waals surface area contributed by atoms with E-state index < -0.39 is 52.6 Å². The van der Waals surface area contributed by atoms with E-state index >= 15 is 0 Å². The van der Waals surface area contributed by atoms with Crippen molar-refractivity contribution in [1.29, 1.82) is 0 Å². The first-order chi connectivity index (χ1) is 23.2. The number of oxime groups is 1. The monoisotopic (exact) mass is 691 g/mol. The van der Waals surface area contributed by atoms with Crippen LogP contribution in [-0.4, -0.2) is 76.3 Å². The number of amides is 4. The fourth-order valence-corrected chi connectivity index (χ4v) is 6.62. The second-order valence-corrected chi connectivity index (χ2v) is 15.1. The number of nitrogens with one attached hydrogen (secondary N) is 3. The van der Waals surface area contributed by atoms with Crippen molar-refractivity contribution in [3.05, 3.63) is 70.2 Å². The molecule has 12 heteroatoms. The quantitative estimate of drug-likeness (QED) is 0.287. The van der Waals surface area contributed by atoms with Crippen molar-refractivity contribution in [2.24, 2.45) is 10.6 Å². The molecule has 0 unspecified atom stereocenters. The predicted molar refractivity (Wildman–Crippen MR) is 186 cm³/mol. The molecule has 5 rings (SSSR count). The summed E-state index contributed by atoms with van der Waals surface area (Å²) in [5.74, 6) is -2.79. The van der Waals surface area contributed by atoms with Crippen molar-refractivity contribution in [3.63, 3.8) is 0 Å². The molecule has 3 aliphatic rings. The van der Waals surface area contributed by atoms with Crippen molar-refractivity contribution in [2.45, 2.75) is 109 Å². The fourth-order valence-electron chi connectivity index (χ4n) is 6.43. The molecule has 2 aromatic carbocycles. The van der Waals surface area contributed by atoms with E-state index in [1.165, 1.54) is 4.90 Å². The van der Waals surface area contributed by atoms with E-state index in [4.69, 9.17) is 16.4 Å². The van der Waals surface area contributed by atoms with Gasteiger partial charge in [0.05, 0.1) is 24.7 Å². The van der Waals surface area contributed by atoms with E-state index in [0.29, 0.717) is 23.6 Å². The minimum Gasteiger partial charge on any atom is -0.387 e. The first-order valence-electron chi connectivity index (χ1n) is 17.0. The number of halogens is 1. The van der Waals surface area contributed by atoms with Crippen molar-refractivity contribution in [3.8, 4) is 0 Å². The SMILES string of the molecule is CCC[C@H](NC(=O)[C@@H]1C[C@]2(CC(c3cccc(Cl)c3)=NO2)CN1C(=O)[C@@H](NC(=O)Cc1ccccc1C)C(C)(C)C)C(=O)C(=O)NC1CC1. The molecule has 1 spiro atoms. The summed E-state index contributed by atoms with van der Waals surface area (Å²) in [6.45, 7) is 9.37. The van der Waals surface area contributed by atoms with Gasteiger partial charge in [-0.25, -0.2) is 0 Å². The van der Waals surface area contributed by atoms with Crippen molar-refractivity contribution in [2.75, 3.05) is 6.54 Å². The Morgan fingerprint density at radius 1 is 1.06 bits per heavy atom. The number of ketones is 1. The molecule has 0 aromatic heterocycles. The first kappa shape index (κ1) is 36.0. The zero-order chi connectivity index (χ0) is 35.5. The van der Waals surface area contributed by atoms with Gasteiger partial charge in [-0.15, -0.1) is 0 Å². The number of aryl methyl sites for hydroxylation is 1. The Kier molecular flexibility index (Phi) is 10.8. The molecule has 11 nitrogen and oxygen atoms in total. The van der Waals surface area contributed by atoms with Gasteiger partial charge in [0.2, 0.25) is 23.5 Å². The maximum absolute atomic E-state index is 14.6. The van der Waals surface area contributed by atoms with Gasteiger partial charge in [-0.05, 0) is 54.9 Å². The standard InChI is InChI=1S/C37H46ClN5O6/c1-6-10-27(31(45)34(47)39-26-15-16-26)40-33(46)29-20-37(19-28(42-49-37)24-13-9-14-25(38)17-24)21-43(29)35(48)32(36(3,4)5)41-30(44)18-23-12-8-7-11-22(23)2/h7-9,11-14,17,26-27,29,32H,6,10,15-16,18-21H2,1-5H3,(H,39,47)(H,40,46)(H,41,44)/t27-,29-,32+,37+/m0/s1. The highest BCUT2D eigenvalue weighted by atomic mass is 35.5. The van der Waals surface area contributed by atoms with Gasteiger partial charge in [-0.3, -0.25) is 24.0 Å². The van der Waals surface area contributed by atoms with Gasteiger partial charge >= 0.3 is 0 Å². The van der Waals surface area contributed by atoms with E-state index in [0.717, 1.165) is 29.5 Å². The molecule has 1 aliphatic carbocycles. The second-order valence-electron chi connectivity index (χ2n) is 14.6. The van der Waals surface area contributed by atoms with E-state index in [1.807, 2.05) is 71.0 Å². The molecule has 0 bridgehead atoms. The van der Waals surface area contributed by atoms with Gasteiger partial charge in [0, 0.05) is 29.5 Å². The predicted octanol–water partition coefficient (Wildman–Crippen LogP) is 4.02. The third-order valence-electron chi connectivity index (χ3n) is 9.36. The van der Waals surface area contributed by atoms with Crippen LogP contribution in [0.2, 0.25) is 5.02 Å². The molecule has 49 heavy (non-hydrogen) atoms. The Bertz CT molecular complexity index is 1650. The largest absolute Gasteiger partial charge is 0.387 e. The summed E-state index contributed by atoms with van der Waals surface area (Å²) in [6.07, 6.45) is 2.93. The molecule has 262 valence electrons. The summed E-state index contributed by atoms with van der Waals surface area (Å²) in [5, 5.41) is 13.3. The highest BCUT2D eigenvalue weighted by Gasteiger charge is 2.55. The Balaban J connectivity index is 1.40. The molecule has 2 aromatic rings. The topological polar surface area (TPSA) is 146 Å². The maximum Gasteiger partial charge on any atom is 0.289 e. The molecule has 2 aliphatic heterocycles. The van der Waals surface area contributed by atoms with Crippen LogP contribution in [0.3, 0.4) is 0 Å². The molecule has 1 saturated heterocycles. The highest BCUT2D eigenvalue weighted by Crippen LogP contribution is 2.40. The lowest BCUT2D eigenvalue weighted by atomic mass is 9.85. The lowest BCUT2D eigenvalue weighted by Gasteiger charge is -2.35. The molecule has 3 N–H and O–H groups in total. The van der Waals surface area contributed by atoms with E-state index in [1.54, 1.807) is 12.1 Å². The first-order valence-corrected chi connectivity index (χ1v) is 17.4. The van der Waals surface area contributed by atoms with Crippen LogP contribution in [0, 0.1) is 12.3 Å². The van der Waals surface area contributed by atoms with Gasteiger partial charge in [0.1, 0.15) is 12.1 Å². The van der Waals surface area contributed by atoms with Crippen molar-refractivity contribution < 1.29 is 28.8 Å². The van der Waals surface area contributed by atoms with E-state index in [9.17, 15) is 24.0 Å². The molecule has 2 fully saturated rings. The molecule has 4 amide bonds. The minimum absolute atomic E-state index is 0.0132.